The predicted molar refractivity (Wildman–Crippen MR) is 79.9 cm³/mol. The Labute approximate surface area is 121 Å². The Kier molecular flexibility index (Phi) is 6.75. The number of carbonyl (C=O) groups is 1. The normalized spacial score (nSPS) is 13.6. The average molecular weight is 273 g/mol. The minimum absolute atomic E-state index is 0.0300. The number of nitriles is 1. The van der Waals surface area contributed by atoms with Crippen LogP contribution in [0.2, 0.25) is 0 Å². The van der Waals surface area contributed by atoms with Gasteiger partial charge in [-0.1, -0.05) is 44.2 Å². The van der Waals surface area contributed by atoms with Crippen molar-refractivity contribution in [2.75, 3.05) is 6.54 Å². The molecule has 1 aromatic carbocycles. The predicted octanol–water partition coefficient (Wildman–Crippen LogP) is 2.39. The highest BCUT2D eigenvalue weighted by Crippen LogP contribution is 2.16. The summed E-state index contributed by atoms with van der Waals surface area (Å²) >= 11 is 0. The van der Waals surface area contributed by atoms with Crippen molar-refractivity contribution in [2.24, 2.45) is 5.92 Å². The number of carbonyl (C=O) groups excluding carboxylic acids is 1. The molecule has 4 nitrogen and oxygen atoms in total. The highest BCUT2D eigenvalue weighted by Gasteiger charge is 2.18. The van der Waals surface area contributed by atoms with Crippen LogP contribution in [0, 0.1) is 17.2 Å². The largest absolute Gasteiger partial charge is 0.354 e. The van der Waals surface area contributed by atoms with Crippen molar-refractivity contribution in [3.05, 3.63) is 35.9 Å². The molecule has 0 spiro atoms. The summed E-state index contributed by atoms with van der Waals surface area (Å²) in [6, 6.07) is 11.5. The maximum atomic E-state index is 12.0. The van der Waals surface area contributed by atoms with Crippen LogP contribution in [0.3, 0.4) is 0 Å². The van der Waals surface area contributed by atoms with E-state index in [1.807, 2.05) is 37.3 Å². The molecule has 108 valence electrons. The Hall–Kier alpha value is -1.86. The second-order valence-electron chi connectivity index (χ2n) is 5.35. The summed E-state index contributed by atoms with van der Waals surface area (Å²) in [6.45, 7) is 6.60. The highest BCUT2D eigenvalue weighted by atomic mass is 16.2. The van der Waals surface area contributed by atoms with E-state index in [4.69, 9.17) is 5.26 Å². The molecule has 0 aromatic heterocycles. The second kappa shape index (κ2) is 8.34. The van der Waals surface area contributed by atoms with Gasteiger partial charge in [-0.25, -0.2) is 0 Å². The lowest BCUT2D eigenvalue weighted by atomic mass is 10.0. The minimum Gasteiger partial charge on any atom is -0.354 e. The summed E-state index contributed by atoms with van der Waals surface area (Å²) in [5, 5.41) is 15.1. The van der Waals surface area contributed by atoms with Crippen LogP contribution in [-0.2, 0) is 4.79 Å². The Balaban J connectivity index is 2.62. The van der Waals surface area contributed by atoms with Crippen LogP contribution in [0.5, 0.6) is 0 Å². The molecule has 20 heavy (non-hydrogen) atoms. The molecule has 1 amide bonds. The maximum Gasteiger partial charge on any atom is 0.236 e. The number of benzene rings is 1. The van der Waals surface area contributed by atoms with Crippen LogP contribution >= 0.6 is 0 Å². The SMILES string of the molecule is CC(C)CNC(=O)C(C)NC(CC#N)c1ccccc1. The number of nitrogens with one attached hydrogen (secondary N) is 2. The third-order valence-corrected chi connectivity index (χ3v) is 3.03. The fourth-order valence-electron chi connectivity index (χ4n) is 1.88. The van der Waals surface area contributed by atoms with Gasteiger partial charge in [-0.2, -0.15) is 5.26 Å². The van der Waals surface area contributed by atoms with Gasteiger partial charge >= 0.3 is 0 Å². The van der Waals surface area contributed by atoms with Crippen LogP contribution in [0.1, 0.15) is 38.8 Å². The maximum absolute atomic E-state index is 12.0. The first kappa shape index (κ1) is 16.2. The van der Waals surface area contributed by atoms with Gasteiger partial charge < -0.3 is 5.32 Å². The summed E-state index contributed by atoms with van der Waals surface area (Å²) < 4.78 is 0. The molecule has 0 heterocycles. The van der Waals surface area contributed by atoms with Crippen molar-refractivity contribution in [1.82, 2.24) is 10.6 Å². The van der Waals surface area contributed by atoms with Gasteiger partial charge in [0.05, 0.1) is 18.5 Å². The minimum atomic E-state index is -0.327. The quantitative estimate of drug-likeness (QED) is 0.801. The summed E-state index contributed by atoms with van der Waals surface area (Å²) in [6.07, 6.45) is 0.339. The molecular weight excluding hydrogens is 250 g/mol. The zero-order valence-corrected chi connectivity index (χ0v) is 12.4. The van der Waals surface area contributed by atoms with E-state index >= 15 is 0 Å². The highest BCUT2D eigenvalue weighted by molar-refractivity contribution is 5.81. The van der Waals surface area contributed by atoms with Crippen molar-refractivity contribution >= 4 is 5.91 Å². The van der Waals surface area contributed by atoms with Gasteiger partial charge in [0.25, 0.3) is 0 Å². The lowest BCUT2D eigenvalue weighted by molar-refractivity contribution is -0.123. The van der Waals surface area contributed by atoms with Gasteiger partial charge in [0, 0.05) is 12.6 Å². The molecule has 0 radical (unpaired) electrons. The topological polar surface area (TPSA) is 64.9 Å². The number of hydrogen-bond acceptors (Lipinski definition) is 3. The Morgan fingerprint density at radius 3 is 2.45 bits per heavy atom. The zero-order chi connectivity index (χ0) is 15.0. The van der Waals surface area contributed by atoms with Crippen LogP contribution in [0.15, 0.2) is 30.3 Å². The molecule has 0 aliphatic carbocycles. The third kappa shape index (κ3) is 5.41. The van der Waals surface area contributed by atoms with Crippen LogP contribution in [0.25, 0.3) is 0 Å². The fraction of sp³-hybridized carbons (Fsp3) is 0.500. The molecule has 2 atom stereocenters. The number of rotatable bonds is 7. The monoisotopic (exact) mass is 273 g/mol. The number of hydrogen-bond donors (Lipinski definition) is 2. The van der Waals surface area contributed by atoms with Gasteiger partial charge in [-0.15, -0.1) is 0 Å². The van der Waals surface area contributed by atoms with Crippen molar-refractivity contribution in [3.8, 4) is 6.07 Å². The van der Waals surface area contributed by atoms with E-state index < -0.39 is 0 Å². The van der Waals surface area contributed by atoms with Crippen LogP contribution in [0.4, 0.5) is 0 Å². The summed E-state index contributed by atoms with van der Waals surface area (Å²) in [5.74, 6) is 0.396. The summed E-state index contributed by atoms with van der Waals surface area (Å²) in [7, 11) is 0. The number of amides is 1. The summed E-state index contributed by atoms with van der Waals surface area (Å²) in [5.41, 5.74) is 1.03. The third-order valence-electron chi connectivity index (χ3n) is 3.03. The molecule has 4 heteroatoms. The van der Waals surface area contributed by atoms with E-state index in [0.717, 1.165) is 5.56 Å². The van der Waals surface area contributed by atoms with Gasteiger partial charge in [0.1, 0.15) is 0 Å². The first-order chi connectivity index (χ1) is 9.54. The molecule has 1 aromatic rings. The molecule has 2 N–H and O–H groups in total. The zero-order valence-electron chi connectivity index (χ0n) is 12.4. The molecule has 0 aliphatic rings. The van der Waals surface area contributed by atoms with Crippen molar-refractivity contribution in [2.45, 2.75) is 39.3 Å². The number of nitrogens with zero attached hydrogens (tertiary/aromatic N) is 1. The Morgan fingerprint density at radius 2 is 1.90 bits per heavy atom. The van der Waals surface area contributed by atoms with Crippen LogP contribution in [-0.4, -0.2) is 18.5 Å². The molecule has 0 aliphatic heterocycles. The molecule has 0 saturated carbocycles. The van der Waals surface area contributed by atoms with Crippen molar-refractivity contribution in [3.63, 3.8) is 0 Å². The molecule has 0 saturated heterocycles. The smallest absolute Gasteiger partial charge is 0.236 e. The lowest BCUT2D eigenvalue weighted by Gasteiger charge is -2.21. The Bertz CT molecular complexity index is 451. The van der Waals surface area contributed by atoms with Gasteiger partial charge in [-0.3, -0.25) is 10.1 Å². The molecular formula is C16H23N3O. The molecule has 2 unspecified atom stereocenters. The van der Waals surface area contributed by atoms with Crippen molar-refractivity contribution in [1.29, 1.82) is 5.26 Å². The van der Waals surface area contributed by atoms with Crippen LogP contribution < -0.4 is 10.6 Å². The second-order valence-corrected chi connectivity index (χ2v) is 5.35. The lowest BCUT2D eigenvalue weighted by Crippen LogP contribution is -2.44. The van der Waals surface area contributed by atoms with E-state index in [2.05, 4.69) is 30.6 Å². The first-order valence-electron chi connectivity index (χ1n) is 7.00. The van der Waals surface area contributed by atoms with E-state index in [9.17, 15) is 4.79 Å². The van der Waals surface area contributed by atoms with Gasteiger partial charge in [0.2, 0.25) is 5.91 Å². The molecule has 0 fully saturated rings. The van der Waals surface area contributed by atoms with E-state index in [1.165, 1.54) is 0 Å². The van der Waals surface area contributed by atoms with E-state index in [0.29, 0.717) is 18.9 Å². The average Bonchev–Trinajstić information content (AvgIpc) is 2.45. The van der Waals surface area contributed by atoms with Crippen molar-refractivity contribution < 1.29 is 4.79 Å². The standard InChI is InChI=1S/C16H23N3O/c1-12(2)11-18-16(20)13(3)19-15(9-10-17)14-7-5-4-6-8-14/h4-8,12-13,15,19H,9,11H2,1-3H3,(H,18,20). The molecule has 1 rings (SSSR count). The van der Waals surface area contributed by atoms with Gasteiger partial charge in [0.15, 0.2) is 0 Å². The van der Waals surface area contributed by atoms with E-state index in [-0.39, 0.29) is 18.0 Å². The van der Waals surface area contributed by atoms with Gasteiger partial charge in [-0.05, 0) is 18.4 Å². The molecule has 0 bridgehead atoms. The fourth-order valence-corrected chi connectivity index (χ4v) is 1.88. The summed E-state index contributed by atoms with van der Waals surface area (Å²) in [4.78, 5) is 12.0. The van der Waals surface area contributed by atoms with E-state index in [1.54, 1.807) is 0 Å². The first-order valence-corrected chi connectivity index (χ1v) is 7.00. The Morgan fingerprint density at radius 1 is 1.25 bits per heavy atom.